The summed E-state index contributed by atoms with van der Waals surface area (Å²) in [6, 6.07) is 29.5. The number of fused-ring (bicyclic) bond motifs is 2. The number of pyridine rings is 2. The molecule has 0 atom stereocenters. The molecule has 0 fully saturated rings. The average molecular weight is 911 g/mol. The first kappa shape index (κ1) is 48.2. The Labute approximate surface area is 397 Å². The van der Waals surface area contributed by atoms with Crippen LogP contribution in [0.3, 0.4) is 0 Å². The molecule has 332 valence electrons. The Bertz CT molecular complexity index is 2980. The number of rotatable bonds is 14. The molecular weight excluding hydrogens is 873 g/mol. The van der Waals surface area contributed by atoms with Gasteiger partial charge >= 0.3 is 23.1 Å². The fourth-order valence-corrected chi connectivity index (χ4v) is 6.51. The van der Waals surface area contributed by atoms with Crippen molar-refractivity contribution in [1.82, 2.24) is 39.7 Å². The molecule has 8 aromatic rings. The number of nitrogens with one attached hydrogen (secondary N) is 2. The predicted octanol–water partition coefficient (Wildman–Crippen LogP) is 1.90. The van der Waals surface area contributed by atoms with Gasteiger partial charge in [-0.2, -0.15) is 0 Å². The molecule has 2 amide bonds. The molecule has 4 aromatic heterocycles. The molecule has 0 saturated heterocycles. The monoisotopic (exact) mass is 910 g/mol. The Morgan fingerprint density at radius 3 is 1.19 bits per heavy atom. The number of aromatic nitrogens is 6. The van der Waals surface area contributed by atoms with Gasteiger partial charge in [-0.3, -0.25) is 28.3 Å². The minimum absolute atomic E-state index is 0. The second-order valence-electron chi connectivity index (χ2n) is 14.6. The number of carbonyl (C=O) groups is 4. The molecule has 67 heavy (non-hydrogen) atoms. The molecule has 2 N–H and O–H groups in total. The summed E-state index contributed by atoms with van der Waals surface area (Å²) in [5, 5.41) is 27.9. The summed E-state index contributed by atoms with van der Waals surface area (Å²) in [7, 11) is 3.16. The van der Waals surface area contributed by atoms with Crippen molar-refractivity contribution in [2.75, 3.05) is 14.2 Å². The van der Waals surface area contributed by atoms with Gasteiger partial charge in [0.05, 0.1) is 86.1 Å². The summed E-state index contributed by atoms with van der Waals surface area (Å²) in [5.74, 6) is -1.92. The van der Waals surface area contributed by atoms with Crippen LogP contribution in [0.5, 0.6) is 11.5 Å². The van der Waals surface area contributed by atoms with E-state index >= 15 is 0 Å². The third-order valence-corrected chi connectivity index (χ3v) is 10.2. The van der Waals surface area contributed by atoms with E-state index in [9.17, 15) is 39.0 Å². The van der Waals surface area contributed by atoms with Crippen LogP contribution in [0.4, 0.5) is 0 Å². The van der Waals surface area contributed by atoms with Crippen molar-refractivity contribution in [3.05, 3.63) is 200 Å². The van der Waals surface area contributed by atoms with Gasteiger partial charge in [-0.1, -0.05) is 72.8 Å². The minimum atomic E-state index is -1.27. The Balaban J connectivity index is 0.000000218. The van der Waals surface area contributed by atoms with Crippen LogP contribution in [0.25, 0.3) is 21.8 Å². The number of benzene rings is 4. The second kappa shape index (κ2) is 22.1. The van der Waals surface area contributed by atoms with E-state index in [2.05, 4.69) is 30.6 Å². The van der Waals surface area contributed by atoms with Crippen molar-refractivity contribution < 1.29 is 38.9 Å². The molecule has 0 aliphatic carbocycles. The van der Waals surface area contributed by atoms with E-state index in [-0.39, 0.29) is 80.5 Å². The quantitative estimate of drug-likeness (QED) is 0.148. The molecule has 0 bridgehead atoms. The first-order chi connectivity index (χ1) is 31.9. The number of carboxylic acid groups (broad SMARTS) is 2. The summed E-state index contributed by atoms with van der Waals surface area (Å²) in [4.78, 5) is 89.6. The predicted molar refractivity (Wildman–Crippen MR) is 241 cm³/mol. The fourth-order valence-electron chi connectivity index (χ4n) is 6.51. The molecule has 18 nitrogen and oxygen atoms in total. The molecule has 0 saturated carbocycles. The van der Waals surface area contributed by atoms with Gasteiger partial charge in [0.15, 0.2) is 0 Å². The third-order valence-electron chi connectivity index (χ3n) is 10.2. The van der Waals surface area contributed by atoms with Crippen LogP contribution < -0.4 is 41.4 Å². The average Bonchev–Trinajstić information content (AvgIpc) is 3.35. The SMILES string of the molecule is COc1ccc(CNC(=O)c2cc3c(=O)n(Cc4ccc(C(=O)[O-])cc4)cnc3cn2)cc1.COc1ccc(CNC(=O)c2cc3c(=O)n(Cc4ccc(C(=O)[O-])cc4)cnc3cn2)cc1.[Mg+2]. The Morgan fingerprint density at radius 1 is 0.522 bits per heavy atom. The van der Waals surface area contributed by atoms with E-state index in [1.807, 2.05) is 24.3 Å². The van der Waals surface area contributed by atoms with Crippen LogP contribution in [-0.2, 0) is 26.2 Å². The van der Waals surface area contributed by atoms with Crippen LogP contribution in [0.15, 0.2) is 144 Å². The Kier molecular flexibility index (Phi) is 15.9. The normalized spacial score (nSPS) is 10.5. The molecule has 8 rings (SSSR count). The van der Waals surface area contributed by atoms with Gasteiger partial charge in [-0.15, -0.1) is 0 Å². The summed E-state index contributed by atoms with van der Waals surface area (Å²) in [6.07, 6.45) is 5.56. The molecular formula is C48H38MgN8O10. The standard InChI is InChI=1S/2C24H20N4O5.Mg/c2*1-33-18-8-4-15(5-9-18)11-26-22(29)20-10-19-21(12-25-20)27-14-28(23(19)30)13-16-2-6-17(7-3-16)24(31)32;/h2*2-10,12,14H,11,13H2,1H3,(H,26,29)(H,31,32);/q;;+2/p-2. The largest absolute Gasteiger partial charge is 2.00 e. The molecule has 0 aliphatic heterocycles. The van der Waals surface area contributed by atoms with Crippen LogP contribution in [0.1, 0.15) is 63.9 Å². The van der Waals surface area contributed by atoms with E-state index < -0.39 is 23.8 Å². The van der Waals surface area contributed by atoms with E-state index in [1.165, 1.54) is 70.6 Å². The molecule has 0 radical (unpaired) electrons. The number of hydrogen-bond donors (Lipinski definition) is 2. The van der Waals surface area contributed by atoms with Gasteiger partial charge in [-0.25, -0.2) is 19.9 Å². The number of hydrogen-bond acceptors (Lipinski definition) is 14. The summed E-state index contributed by atoms with van der Waals surface area (Å²) < 4.78 is 13.0. The van der Waals surface area contributed by atoms with Crippen LogP contribution in [-0.4, -0.2) is 90.1 Å². The van der Waals surface area contributed by atoms with Crippen molar-refractivity contribution in [3.8, 4) is 11.5 Å². The van der Waals surface area contributed by atoms with Crippen LogP contribution in [0, 0.1) is 0 Å². The molecule has 0 aliphatic rings. The number of aromatic carboxylic acids is 2. The molecule has 0 spiro atoms. The zero-order chi connectivity index (χ0) is 46.7. The summed E-state index contributed by atoms with van der Waals surface area (Å²) in [5.41, 5.74) is 3.59. The van der Waals surface area contributed by atoms with Gasteiger partial charge in [0.1, 0.15) is 22.9 Å². The number of carboxylic acids is 2. The number of nitrogens with zero attached hydrogens (tertiary/aromatic N) is 6. The van der Waals surface area contributed by atoms with Crippen molar-refractivity contribution in [1.29, 1.82) is 0 Å². The molecule has 4 heterocycles. The van der Waals surface area contributed by atoms with Gasteiger partial charge in [0, 0.05) is 13.1 Å². The number of ether oxygens (including phenoxy) is 2. The van der Waals surface area contributed by atoms with Gasteiger partial charge < -0.3 is 39.9 Å². The summed E-state index contributed by atoms with van der Waals surface area (Å²) >= 11 is 0. The number of amides is 2. The van der Waals surface area contributed by atoms with Gasteiger partial charge in [0.2, 0.25) is 0 Å². The maximum atomic E-state index is 13.0. The fraction of sp³-hybridized carbons (Fsp3) is 0.125. The van der Waals surface area contributed by atoms with E-state index in [0.29, 0.717) is 24.1 Å². The Hall–Kier alpha value is -8.29. The first-order valence-electron chi connectivity index (χ1n) is 20.0. The van der Waals surface area contributed by atoms with Crippen LogP contribution in [0.2, 0.25) is 0 Å². The topological polar surface area (TPSA) is 252 Å². The van der Waals surface area contributed by atoms with Gasteiger partial charge in [-0.05, 0) is 69.8 Å². The third kappa shape index (κ3) is 12.1. The number of carbonyl (C=O) groups excluding carboxylic acids is 4. The van der Waals surface area contributed by atoms with E-state index in [0.717, 1.165) is 33.8 Å². The van der Waals surface area contributed by atoms with Crippen molar-refractivity contribution in [3.63, 3.8) is 0 Å². The second-order valence-corrected chi connectivity index (χ2v) is 14.6. The van der Waals surface area contributed by atoms with E-state index in [1.54, 1.807) is 62.8 Å². The minimum Gasteiger partial charge on any atom is -0.545 e. The van der Waals surface area contributed by atoms with Crippen LogP contribution >= 0.6 is 0 Å². The molecule has 4 aromatic carbocycles. The smallest absolute Gasteiger partial charge is 0.545 e. The molecule has 19 heteroatoms. The molecule has 0 unspecified atom stereocenters. The zero-order valence-electron chi connectivity index (χ0n) is 36.0. The summed E-state index contributed by atoms with van der Waals surface area (Å²) in [6.45, 7) is 0.968. The van der Waals surface area contributed by atoms with Crippen molar-refractivity contribution >= 4 is 68.6 Å². The van der Waals surface area contributed by atoms with Crippen molar-refractivity contribution in [2.45, 2.75) is 26.2 Å². The van der Waals surface area contributed by atoms with E-state index in [4.69, 9.17) is 9.47 Å². The number of methoxy groups -OCH3 is 2. The first-order valence-corrected chi connectivity index (χ1v) is 20.0. The zero-order valence-corrected chi connectivity index (χ0v) is 37.4. The maximum Gasteiger partial charge on any atom is 2.00 e. The Morgan fingerprint density at radius 2 is 0.866 bits per heavy atom. The maximum absolute atomic E-state index is 13.0. The van der Waals surface area contributed by atoms with Gasteiger partial charge in [0.25, 0.3) is 22.9 Å². The van der Waals surface area contributed by atoms with Crippen molar-refractivity contribution in [2.24, 2.45) is 0 Å².